The molecule has 1 aliphatic rings. The molecule has 1 fully saturated rings. The lowest BCUT2D eigenvalue weighted by Crippen LogP contribution is -2.34. The largest absolute Gasteiger partial charge is 0.468 e. The molecule has 2 rings (SSSR count). The van der Waals surface area contributed by atoms with Gasteiger partial charge in [0.05, 0.1) is 12.8 Å². The quantitative estimate of drug-likeness (QED) is 0.825. The van der Waals surface area contributed by atoms with Crippen molar-refractivity contribution in [2.75, 3.05) is 19.6 Å². The Morgan fingerprint density at radius 1 is 1.29 bits per heavy atom. The molecule has 2 N–H and O–H groups in total. The van der Waals surface area contributed by atoms with Gasteiger partial charge in [-0.05, 0) is 30.9 Å². The van der Waals surface area contributed by atoms with E-state index < -0.39 is 0 Å². The first-order valence-corrected chi connectivity index (χ1v) is 6.83. The maximum Gasteiger partial charge on any atom is 0.117 e. The van der Waals surface area contributed by atoms with Gasteiger partial charge < -0.3 is 10.2 Å². The second-order valence-corrected chi connectivity index (χ2v) is 5.11. The van der Waals surface area contributed by atoms with E-state index in [1.165, 1.54) is 38.6 Å². The van der Waals surface area contributed by atoms with Gasteiger partial charge in [0.2, 0.25) is 0 Å². The zero-order chi connectivity index (χ0) is 11.9. The summed E-state index contributed by atoms with van der Waals surface area (Å²) in [5.41, 5.74) is 5.69. The van der Waals surface area contributed by atoms with Crippen molar-refractivity contribution in [2.24, 2.45) is 11.7 Å². The Bertz CT molecular complexity index is 291. The van der Waals surface area contributed by atoms with E-state index in [0.717, 1.165) is 31.3 Å². The molecule has 0 amide bonds. The molecule has 0 aliphatic heterocycles. The maximum atomic E-state index is 5.69. The van der Waals surface area contributed by atoms with E-state index in [9.17, 15) is 0 Å². The highest BCUT2D eigenvalue weighted by molar-refractivity contribution is 4.98. The molecule has 0 radical (unpaired) electrons. The first kappa shape index (κ1) is 12.7. The second kappa shape index (κ2) is 6.82. The third kappa shape index (κ3) is 4.17. The van der Waals surface area contributed by atoms with Gasteiger partial charge in [-0.15, -0.1) is 0 Å². The predicted octanol–water partition coefficient (Wildman–Crippen LogP) is 2.62. The van der Waals surface area contributed by atoms with Gasteiger partial charge >= 0.3 is 0 Å². The van der Waals surface area contributed by atoms with E-state index in [4.69, 9.17) is 10.2 Å². The van der Waals surface area contributed by atoms with Crippen LogP contribution in [0, 0.1) is 5.92 Å². The van der Waals surface area contributed by atoms with Crippen LogP contribution in [0.1, 0.15) is 37.9 Å². The zero-order valence-electron chi connectivity index (χ0n) is 10.6. The Balaban J connectivity index is 1.83. The molecule has 1 aromatic heterocycles. The van der Waals surface area contributed by atoms with Gasteiger partial charge in [-0.25, -0.2) is 0 Å². The summed E-state index contributed by atoms with van der Waals surface area (Å²) >= 11 is 0. The van der Waals surface area contributed by atoms with Crippen LogP contribution in [0.5, 0.6) is 0 Å². The van der Waals surface area contributed by atoms with Crippen molar-refractivity contribution < 1.29 is 4.42 Å². The monoisotopic (exact) mass is 236 g/mol. The summed E-state index contributed by atoms with van der Waals surface area (Å²) in [5, 5.41) is 0. The molecular weight excluding hydrogens is 212 g/mol. The molecule has 0 spiro atoms. The molecule has 3 heteroatoms. The van der Waals surface area contributed by atoms with Crippen LogP contribution in [-0.2, 0) is 6.54 Å². The molecule has 1 saturated carbocycles. The minimum absolute atomic E-state index is 0.730. The summed E-state index contributed by atoms with van der Waals surface area (Å²) in [7, 11) is 0. The van der Waals surface area contributed by atoms with Crippen LogP contribution in [0.4, 0.5) is 0 Å². The Labute approximate surface area is 104 Å². The minimum atomic E-state index is 0.730. The van der Waals surface area contributed by atoms with Crippen LogP contribution in [0.2, 0.25) is 0 Å². The van der Waals surface area contributed by atoms with Gasteiger partial charge in [0.25, 0.3) is 0 Å². The van der Waals surface area contributed by atoms with Crippen molar-refractivity contribution >= 4 is 0 Å². The minimum Gasteiger partial charge on any atom is -0.468 e. The predicted molar refractivity (Wildman–Crippen MR) is 69.6 cm³/mol. The van der Waals surface area contributed by atoms with Crippen molar-refractivity contribution in [3.63, 3.8) is 0 Å². The number of hydrogen-bond donors (Lipinski definition) is 1. The molecule has 0 unspecified atom stereocenters. The third-order valence-electron chi connectivity index (χ3n) is 3.65. The lowest BCUT2D eigenvalue weighted by atomic mass is 9.89. The van der Waals surface area contributed by atoms with E-state index in [2.05, 4.69) is 4.90 Å². The summed E-state index contributed by atoms with van der Waals surface area (Å²) in [4.78, 5) is 2.44. The van der Waals surface area contributed by atoms with E-state index in [1.807, 2.05) is 12.1 Å². The topological polar surface area (TPSA) is 42.4 Å². The number of furan rings is 1. The fourth-order valence-corrected chi connectivity index (χ4v) is 2.78. The van der Waals surface area contributed by atoms with Gasteiger partial charge in [0, 0.05) is 19.6 Å². The van der Waals surface area contributed by atoms with Crippen molar-refractivity contribution in [3.8, 4) is 0 Å². The van der Waals surface area contributed by atoms with E-state index in [-0.39, 0.29) is 0 Å². The maximum absolute atomic E-state index is 5.69. The van der Waals surface area contributed by atoms with Crippen molar-refractivity contribution in [1.29, 1.82) is 0 Å². The smallest absolute Gasteiger partial charge is 0.117 e. The Morgan fingerprint density at radius 3 is 2.76 bits per heavy atom. The first-order valence-electron chi connectivity index (χ1n) is 6.83. The highest BCUT2D eigenvalue weighted by Crippen LogP contribution is 2.24. The average molecular weight is 236 g/mol. The number of hydrogen-bond acceptors (Lipinski definition) is 3. The van der Waals surface area contributed by atoms with Crippen molar-refractivity contribution in [3.05, 3.63) is 24.2 Å². The molecule has 0 aromatic carbocycles. The Hall–Kier alpha value is -0.800. The van der Waals surface area contributed by atoms with Crippen molar-refractivity contribution in [2.45, 2.75) is 38.6 Å². The lowest BCUT2D eigenvalue weighted by Gasteiger charge is -2.28. The molecular formula is C14H24N2O. The number of nitrogens with zero attached hydrogens (tertiary/aromatic N) is 1. The Kier molecular flexibility index (Phi) is 5.08. The van der Waals surface area contributed by atoms with E-state index >= 15 is 0 Å². The number of rotatable bonds is 6. The normalized spacial score (nSPS) is 17.8. The van der Waals surface area contributed by atoms with Crippen LogP contribution < -0.4 is 5.73 Å². The fourth-order valence-electron chi connectivity index (χ4n) is 2.78. The van der Waals surface area contributed by atoms with Crippen LogP contribution in [0.15, 0.2) is 22.8 Å². The van der Waals surface area contributed by atoms with Gasteiger partial charge in [0.1, 0.15) is 5.76 Å². The molecule has 3 nitrogen and oxygen atoms in total. The van der Waals surface area contributed by atoms with E-state index in [1.54, 1.807) is 6.26 Å². The molecule has 96 valence electrons. The van der Waals surface area contributed by atoms with Gasteiger partial charge in [-0.1, -0.05) is 19.3 Å². The summed E-state index contributed by atoms with van der Waals surface area (Å²) in [6, 6.07) is 4.00. The molecule has 0 bridgehead atoms. The Morgan fingerprint density at radius 2 is 2.12 bits per heavy atom. The molecule has 1 heterocycles. The summed E-state index contributed by atoms with van der Waals surface area (Å²) in [6.07, 6.45) is 8.75. The van der Waals surface area contributed by atoms with Crippen molar-refractivity contribution in [1.82, 2.24) is 4.90 Å². The molecule has 1 aromatic rings. The van der Waals surface area contributed by atoms with Crippen LogP contribution >= 0.6 is 0 Å². The molecule has 0 atom stereocenters. The highest BCUT2D eigenvalue weighted by Gasteiger charge is 2.17. The van der Waals surface area contributed by atoms with Gasteiger partial charge in [-0.3, -0.25) is 4.90 Å². The van der Waals surface area contributed by atoms with Gasteiger partial charge in [-0.2, -0.15) is 0 Å². The third-order valence-corrected chi connectivity index (χ3v) is 3.65. The van der Waals surface area contributed by atoms with Crippen LogP contribution in [0.25, 0.3) is 0 Å². The van der Waals surface area contributed by atoms with Crippen LogP contribution in [0.3, 0.4) is 0 Å². The van der Waals surface area contributed by atoms with Crippen LogP contribution in [-0.4, -0.2) is 24.5 Å². The first-order chi connectivity index (χ1) is 8.38. The van der Waals surface area contributed by atoms with Gasteiger partial charge in [0.15, 0.2) is 0 Å². The summed E-state index contributed by atoms with van der Waals surface area (Å²) < 4.78 is 5.42. The van der Waals surface area contributed by atoms with E-state index in [0.29, 0.717) is 0 Å². The SMILES string of the molecule is NCCN(Cc1ccco1)CC1CCCCC1. The summed E-state index contributed by atoms with van der Waals surface area (Å²) in [5.74, 6) is 1.92. The highest BCUT2D eigenvalue weighted by atomic mass is 16.3. The molecule has 1 aliphatic carbocycles. The fraction of sp³-hybridized carbons (Fsp3) is 0.714. The molecule has 0 saturated heterocycles. The number of nitrogens with two attached hydrogens (primary N) is 1. The lowest BCUT2D eigenvalue weighted by molar-refractivity contribution is 0.187. The summed E-state index contributed by atoms with van der Waals surface area (Å²) in [6.45, 7) is 3.78. The molecule has 17 heavy (non-hydrogen) atoms. The average Bonchev–Trinajstić information content (AvgIpc) is 2.83. The standard InChI is InChI=1S/C14H24N2O/c15-8-9-16(12-14-7-4-10-17-14)11-13-5-2-1-3-6-13/h4,7,10,13H,1-3,5-6,8-9,11-12,15H2. The second-order valence-electron chi connectivity index (χ2n) is 5.11. The zero-order valence-corrected chi connectivity index (χ0v) is 10.6.